The van der Waals surface area contributed by atoms with Crippen molar-refractivity contribution in [1.29, 1.82) is 5.26 Å². The van der Waals surface area contributed by atoms with E-state index in [1.807, 2.05) is 11.7 Å². The quantitative estimate of drug-likeness (QED) is 0.831. The predicted molar refractivity (Wildman–Crippen MR) is 81.6 cm³/mol. The van der Waals surface area contributed by atoms with Gasteiger partial charge in [0.1, 0.15) is 0 Å². The normalized spacial score (nSPS) is 26.4. The average molecular weight is 294 g/mol. The molecule has 0 aromatic carbocycles. The molecule has 20 heavy (non-hydrogen) atoms. The maximum absolute atomic E-state index is 9.68. The summed E-state index contributed by atoms with van der Waals surface area (Å²) in [5, 5.41) is 14.9. The van der Waals surface area contributed by atoms with Crippen molar-refractivity contribution in [2.75, 3.05) is 0 Å². The SMILES string of the molecule is CCc1nn(C)c(CC2(C#N)CCC(CC)CC2)c1Cl. The molecule has 1 heterocycles. The summed E-state index contributed by atoms with van der Waals surface area (Å²) in [5.41, 5.74) is 1.73. The molecule has 1 fully saturated rings. The van der Waals surface area contributed by atoms with Crippen molar-refractivity contribution in [3.63, 3.8) is 0 Å². The van der Waals surface area contributed by atoms with Crippen molar-refractivity contribution < 1.29 is 0 Å². The fourth-order valence-electron chi connectivity index (χ4n) is 3.30. The van der Waals surface area contributed by atoms with E-state index in [9.17, 15) is 5.26 Å². The summed E-state index contributed by atoms with van der Waals surface area (Å²) < 4.78 is 1.87. The number of rotatable bonds is 4. The molecule has 1 aliphatic rings. The number of nitrogens with zero attached hydrogens (tertiary/aromatic N) is 3. The van der Waals surface area contributed by atoms with Crippen LogP contribution >= 0.6 is 11.6 Å². The van der Waals surface area contributed by atoms with Crippen LogP contribution in [0.5, 0.6) is 0 Å². The van der Waals surface area contributed by atoms with Crippen LogP contribution in [0.3, 0.4) is 0 Å². The minimum absolute atomic E-state index is 0.242. The second-order valence-corrected chi connectivity index (χ2v) is 6.48. The van der Waals surface area contributed by atoms with Crippen molar-refractivity contribution in [1.82, 2.24) is 9.78 Å². The first-order chi connectivity index (χ1) is 9.55. The molecule has 0 amide bonds. The Balaban J connectivity index is 2.20. The fraction of sp³-hybridized carbons (Fsp3) is 0.750. The first kappa shape index (κ1) is 15.4. The van der Waals surface area contributed by atoms with Crippen LogP contribution in [0.15, 0.2) is 0 Å². The molecule has 4 heteroatoms. The molecule has 0 N–H and O–H groups in total. The second kappa shape index (κ2) is 6.18. The van der Waals surface area contributed by atoms with Gasteiger partial charge in [-0.3, -0.25) is 4.68 Å². The smallest absolute Gasteiger partial charge is 0.0850 e. The number of aromatic nitrogens is 2. The molecular formula is C16H24ClN3. The van der Waals surface area contributed by atoms with Crippen LogP contribution in [-0.2, 0) is 19.9 Å². The van der Waals surface area contributed by atoms with E-state index in [1.165, 1.54) is 19.3 Å². The van der Waals surface area contributed by atoms with E-state index in [-0.39, 0.29) is 5.41 Å². The number of hydrogen-bond acceptors (Lipinski definition) is 2. The molecule has 0 unspecified atom stereocenters. The first-order valence-electron chi connectivity index (χ1n) is 7.66. The van der Waals surface area contributed by atoms with Crippen LogP contribution in [0, 0.1) is 22.7 Å². The molecule has 110 valence electrons. The topological polar surface area (TPSA) is 41.6 Å². The molecule has 0 spiro atoms. The fourth-order valence-corrected chi connectivity index (χ4v) is 3.66. The number of nitriles is 1. The van der Waals surface area contributed by atoms with Gasteiger partial charge in [-0.1, -0.05) is 31.9 Å². The van der Waals surface area contributed by atoms with Gasteiger partial charge in [0.25, 0.3) is 0 Å². The van der Waals surface area contributed by atoms with Gasteiger partial charge in [0.15, 0.2) is 0 Å². The van der Waals surface area contributed by atoms with Gasteiger partial charge in [0.05, 0.1) is 27.9 Å². The maximum atomic E-state index is 9.68. The predicted octanol–water partition coefficient (Wildman–Crippen LogP) is 4.29. The molecule has 0 saturated heterocycles. The number of hydrogen-bond donors (Lipinski definition) is 0. The molecule has 1 aliphatic carbocycles. The molecule has 1 saturated carbocycles. The van der Waals surface area contributed by atoms with E-state index < -0.39 is 0 Å². The van der Waals surface area contributed by atoms with Crippen molar-refractivity contribution >= 4 is 11.6 Å². The lowest BCUT2D eigenvalue weighted by atomic mass is 9.68. The zero-order valence-electron chi connectivity index (χ0n) is 12.7. The van der Waals surface area contributed by atoms with Crippen molar-refractivity contribution in [3.05, 3.63) is 16.4 Å². The highest BCUT2D eigenvalue weighted by Gasteiger charge is 2.36. The van der Waals surface area contributed by atoms with Crippen LogP contribution in [-0.4, -0.2) is 9.78 Å². The summed E-state index contributed by atoms with van der Waals surface area (Å²) >= 11 is 6.43. The number of halogens is 1. The van der Waals surface area contributed by atoms with Gasteiger partial charge in [-0.2, -0.15) is 10.4 Å². The van der Waals surface area contributed by atoms with Crippen molar-refractivity contribution in [2.24, 2.45) is 18.4 Å². The Morgan fingerprint density at radius 3 is 2.50 bits per heavy atom. The molecule has 1 aromatic rings. The molecular weight excluding hydrogens is 270 g/mol. The lowest BCUT2D eigenvalue weighted by Gasteiger charge is -2.34. The Morgan fingerprint density at radius 2 is 2.05 bits per heavy atom. The summed E-state index contributed by atoms with van der Waals surface area (Å²) in [6, 6.07) is 2.59. The molecule has 1 aromatic heterocycles. The highest BCUT2D eigenvalue weighted by atomic mass is 35.5. The lowest BCUT2D eigenvalue weighted by Crippen LogP contribution is -2.29. The standard InChI is InChI=1S/C16H24ClN3/c1-4-12-6-8-16(11-18,9-7-12)10-14-15(17)13(5-2)19-20(14)3/h12H,4-10H2,1-3H3. The van der Waals surface area contributed by atoms with Gasteiger partial charge in [-0.05, 0) is 38.0 Å². The third-order valence-electron chi connectivity index (χ3n) is 4.89. The monoisotopic (exact) mass is 293 g/mol. The minimum Gasteiger partial charge on any atom is -0.271 e. The first-order valence-corrected chi connectivity index (χ1v) is 8.04. The zero-order chi connectivity index (χ0) is 14.8. The van der Waals surface area contributed by atoms with Crippen molar-refractivity contribution in [3.8, 4) is 6.07 Å². The summed E-state index contributed by atoms with van der Waals surface area (Å²) in [4.78, 5) is 0. The van der Waals surface area contributed by atoms with E-state index in [4.69, 9.17) is 11.6 Å². The Morgan fingerprint density at radius 1 is 1.40 bits per heavy atom. The Hall–Kier alpha value is -1.01. The van der Waals surface area contributed by atoms with Gasteiger partial charge in [0, 0.05) is 13.5 Å². The summed E-state index contributed by atoms with van der Waals surface area (Å²) in [6.45, 7) is 4.31. The summed E-state index contributed by atoms with van der Waals surface area (Å²) in [7, 11) is 1.93. The summed E-state index contributed by atoms with van der Waals surface area (Å²) in [6.07, 6.45) is 7.12. The molecule has 2 rings (SSSR count). The molecule has 0 bridgehead atoms. The van der Waals surface area contributed by atoms with Crippen LogP contribution in [0.4, 0.5) is 0 Å². The minimum atomic E-state index is -0.242. The molecule has 0 aliphatic heterocycles. The zero-order valence-corrected chi connectivity index (χ0v) is 13.5. The maximum Gasteiger partial charge on any atom is 0.0850 e. The highest BCUT2D eigenvalue weighted by molar-refractivity contribution is 6.31. The Bertz CT molecular complexity index is 505. The Labute approximate surface area is 126 Å². The number of aryl methyl sites for hydroxylation is 2. The van der Waals surface area contributed by atoms with E-state index >= 15 is 0 Å². The van der Waals surface area contributed by atoms with E-state index in [1.54, 1.807) is 0 Å². The molecule has 0 atom stereocenters. The summed E-state index contributed by atoms with van der Waals surface area (Å²) in [5.74, 6) is 0.796. The van der Waals surface area contributed by atoms with Crippen molar-refractivity contribution in [2.45, 2.75) is 58.8 Å². The highest BCUT2D eigenvalue weighted by Crippen LogP contribution is 2.43. The third kappa shape index (κ3) is 2.86. The van der Waals surface area contributed by atoms with Gasteiger partial charge >= 0.3 is 0 Å². The largest absolute Gasteiger partial charge is 0.271 e. The van der Waals surface area contributed by atoms with E-state index in [2.05, 4.69) is 25.0 Å². The van der Waals surface area contributed by atoms with Gasteiger partial charge < -0.3 is 0 Å². The van der Waals surface area contributed by atoms with Crippen LogP contribution < -0.4 is 0 Å². The van der Waals surface area contributed by atoms with Crippen LogP contribution in [0.2, 0.25) is 5.02 Å². The van der Waals surface area contributed by atoms with Crippen LogP contribution in [0.1, 0.15) is 57.3 Å². The third-order valence-corrected chi connectivity index (χ3v) is 5.32. The van der Waals surface area contributed by atoms with E-state index in [0.29, 0.717) is 0 Å². The average Bonchev–Trinajstić information content (AvgIpc) is 2.75. The second-order valence-electron chi connectivity index (χ2n) is 6.11. The molecule has 3 nitrogen and oxygen atoms in total. The Kier molecular flexibility index (Phi) is 4.75. The lowest BCUT2D eigenvalue weighted by molar-refractivity contribution is 0.202. The van der Waals surface area contributed by atoms with Gasteiger partial charge in [0.2, 0.25) is 0 Å². The van der Waals surface area contributed by atoms with Gasteiger partial charge in [-0.25, -0.2) is 0 Å². The van der Waals surface area contributed by atoms with Gasteiger partial charge in [-0.15, -0.1) is 0 Å². The van der Waals surface area contributed by atoms with Crippen LogP contribution in [0.25, 0.3) is 0 Å². The van der Waals surface area contributed by atoms with E-state index in [0.717, 1.165) is 48.0 Å². The molecule has 0 radical (unpaired) electrons.